The zero-order chi connectivity index (χ0) is 17.1. The number of β-amino-alcohol motifs (C(OH)–C–C–N with tert-alkyl or cyclic N) is 1. The van der Waals surface area contributed by atoms with Gasteiger partial charge in [-0.3, -0.25) is 9.69 Å². The van der Waals surface area contributed by atoms with E-state index in [1.165, 1.54) is 5.69 Å². The molecule has 5 nitrogen and oxygen atoms in total. The van der Waals surface area contributed by atoms with E-state index < -0.39 is 0 Å². The van der Waals surface area contributed by atoms with Crippen LogP contribution >= 0.6 is 0 Å². The summed E-state index contributed by atoms with van der Waals surface area (Å²) < 4.78 is 0. The summed E-state index contributed by atoms with van der Waals surface area (Å²) in [6, 6.07) is 10.2. The number of hydrogen-bond acceptors (Lipinski definition) is 4. The fourth-order valence-electron chi connectivity index (χ4n) is 3.67. The van der Waals surface area contributed by atoms with Crippen LogP contribution in [0.15, 0.2) is 30.3 Å². The zero-order valence-corrected chi connectivity index (χ0v) is 14.8. The molecular formula is C19H29N3O2. The Balaban J connectivity index is 1.53. The van der Waals surface area contributed by atoms with Gasteiger partial charge in [-0.2, -0.15) is 0 Å². The van der Waals surface area contributed by atoms with Crippen molar-refractivity contribution in [2.24, 2.45) is 5.92 Å². The first-order valence-electron chi connectivity index (χ1n) is 9.07. The highest BCUT2D eigenvalue weighted by atomic mass is 16.3. The predicted molar refractivity (Wildman–Crippen MR) is 96.1 cm³/mol. The van der Waals surface area contributed by atoms with Crippen molar-refractivity contribution in [1.82, 2.24) is 9.80 Å². The van der Waals surface area contributed by atoms with Gasteiger partial charge < -0.3 is 14.9 Å². The van der Waals surface area contributed by atoms with Gasteiger partial charge in [-0.15, -0.1) is 0 Å². The van der Waals surface area contributed by atoms with Crippen LogP contribution in [0.1, 0.15) is 20.3 Å². The average molecular weight is 331 g/mol. The average Bonchev–Trinajstić information content (AvgIpc) is 2.63. The van der Waals surface area contributed by atoms with Gasteiger partial charge in [-0.25, -0.2) is 0 Å². The van der Waals surface area contributed by atoms with Crippen molar-refractivity contribution in [3.05, 3.63) is 30.3 Å². The summed E-state index contributed by atoms with van der Waals surface area (Å²) in [6.07, 6.45) is 0.643. The van der Waals surface area contributed by atoms with Gasteiger partial charge in [-0.1, -0.05) is 25.1 Å². The fraction of sp³-hybridized carbons (Fsp3) is 0.632. The van der Waals surface area contributed by atoms with Crippen LogP contribution in [0.3, 0.4) is 0 Å². The third kappa shape index (κ3) is 3.73. The minimum Gasteiger partial charge on any atom is -0.392 e. The first kappa shape index (κ1) is 17.2. The van der Waals surface area contributed by atoms with Crippen molar-refractivity contribution in [2.75, 3.05) is 44.2 Å². The summed E-state index contributed by atoms with van der Waals surface area (Å²) in [6.45, 7) is 8.86. The molecule has 0 bridgehead atoms. The first-order valence-corrected chi connectivity index (χ1v) is 9.07. The summed E-state index contributed by atoms with van der Waals surface area (Å²) in [4.78, 5) is 19.3. The molecule has 0 radical (unpaired) electrons. The molecule has 3 rings (SSSR count). The quantitative estimate of drug-likeness (QED) is 0.910. The molecule has 1 aromatic carbocycles. The van der Waals surface area contributed by atoms with E-state index in [1.54, 1.807) is 0 Å². The van der Waals surface area contributed by atoms with Crippen molar-refractivity contribution in [2.45, 2.75) is 32.4 Å². The van der Waals surface area contributed by atoms with Gasteiger partial charge >= 0.3 is 0 Å². The number of para-hydroxylation sites is 1. The van der Waals surface area contributed by atoms with Crippen LogP contribution in [0, 0.1) is 5.92 Å². The third-order valence-corrected chi connectivity index (χ3v) is 5.57. The van der Waals surface area contributed by atoms with Crippen LogP contribution in [0.25, 0.3) is 0 Å². The summed E-state index contributed by atoms with van der Waals surface area (Å²) in [5, 5.41) is 10.1. The smallest absolute Gasteiger partial charge is 0.239 e. The van der Waals surface area contributed by atoms with E-state index in [0.29, 0.717) is 12.5 Å². The molecule has 2 fully saturated rings. The molecule has 1 amide bonds. The normalized spacial score (nSPS) is 27.1. The number of hydrogen-bond donors (Lipinski definition) is 1. The number of piperazine rings is 1. The number of rotatable bonds is 3. The van der Waals surface area contributed by atoms with Crippen molar-refractivity contribution < 1.29 is 9.90 Å². The lowest BCUT2D eigenvalue weighted by molar-refractivity contribution is -0.138. The Bertz CT molecular complexity index is 543. The van der Waals surface area contributed by atoms with E-state index in [4.69, 9.17) is 0 Å². The highest BCUT2D eigenvalue weighted by molar-refractivity contribution is 5.81. The zero-order valence-electron chi connectivity index (χ0n) is 14.8. The van der Waals surface area contributed by atoms with E-state index >= 15 is 0 Å². The Hall–Kier alpha value is -1.59. The van der Waals surface area contributed by atoms with Gasteiger partial charge in [0.2, 0.25) is 5.91 Å². The Labute approximate surface area is 144 Å². The second-order valence-electron chi connectivity index (χ2n) is 7.15. The molecule has 3 atom stereocenters. The van der Waals surface area contributed by atoms with Crippen molar-refractivity contribution in [3.63, 3.8) is 0 Å². The molecule has 5 heteroatoms. The molecule has 1 aromatic rings. The topological polar surface area (TPSA) is 47.0 Å². The Morgan fingerprint density at radius 2 is 1.79 bits per heavy atom. The summed E-state index contributed by atoms with van der Waals surface area (Å²) in [5.74, 6) is 0.530. The lowest BCUT2D eigenvalue weighted by Crippen LogP contribution is -2.56. The lowest BCUT2D eigenvalue weighted by atomic mass is 9.95. The third-order valence-electron chi connectivity index (χ3n) is 5.57. The highest BCUT2D eigenvalue weighted by Crippen LogP contribution is 2.21. The van der Waals surface area contributed by atoms with Gasteiger partial charge in [0, 0.05) is 38.4 Å². The molecule has 1 N–H and O–H groups in total. The molecule has 2 saturated heterocycles. The van der Waals surface area contributed by atoms with Crippen molar-refractivity contribution >= 4 is 11.6 Å². The van der Waals surface area contributed by atoms with E-state index in [1.807, 2.05) is 17.9 Å². The van der Waals surface area contributed by atoms with Crippen LogP contribution < -0.4 is 4.90 Å². The molecule has 2 aliphatic rings. The molecule has 0 aromatic heterocycles. The number of aliphatic hydroxyl groups excluding tert-OH is 1. The van der Waals surface area contributed by atoms with Crippen LogP contribution in [0.2, 0.25) is 0 Å². The number of carbonyl (C=O) groups excluding carboxylic acids is 1. The second-order valence-corrected chi connectivity index (χ2v) is 7.15. The molecule has 2 aliphatic heterocycles. The summed E-state index contributed by atoms with van der Waals surface area (Å²) in [7, 11) is 0. The highest BCUT2D eigenvalue weighted by Gasteiger charge is 2.33. The summed E-state index contributed by atoms with van der Waals surface area (Å²) in [5.41, 5.74) is 1.23. The maximum Gasteiger partial charge on any atom is 0.239 e. The standard InChI is InChI=1S/C19H29N3O2/c1-15-8-9-22(14-18(15)23)16(2)19(24)21-12-10-20(11-13-21)17-6-4-3-5-7-17/h3-7,15-16,18,23H,8-14H2,1-2H3. The minimum atomic E-state index is -0.316. The molecule has 0 aliphatic carbocycles. The Morgan fingerprint density at radius 1 is 1.12 bits per heavy atom. The number of nitrogens with zero attached hydrogens (tertiary/aromatic N) is 3. The van der Waals surface area contributed by atoms with Crippen LogP contribution in [-0.2, 0) is 4.79 Å². The van der Waals surface area contributed by atoms with Gasteiger partial charge in [0.15, 0.2) is 0 Å². The van der Waals surface area contributed by atoms with E-state index in [2.05, 4.69) is 41.0 Å². The largest absolute Gasteiger partial charge is 0.392 e. The lowest BCUT2D eigenvalue weighted by Gasteiger charge is -2.41. The maximum atomic E-state index is 12.8. The van der Waals surface area contributed by atoms with Gasteiger partial charge in [0.05, 0.1) is 12.1 Å². The monoisotopic (exact) mass is 331 g/mol. The van der Waals surface area contributed by atoms with E-state index in [0.717, 1.165) is 39.1 Å². The van der Waals surface area contributed by atoms with E-state index in [-0.39, 0.29) is 18.1 Å². The molecule has 3 unspecified atom stereocenters. The number of aliphatic hydroxyl groups is 1. The van der Waals surface area contributed by atoms with Gasteiger partial charge in [-0.05, 0) is 37.9 Å². The molecule has 0 saturated carbocycles. The molecule has 2 heterocycles. The number of amides is 1. The Kier molecular flexibility index (Phi) is 5.41. The van der Waals surface area contributed by atoms with Crippen LogP contribution in [-0.4, -0.2) is 72.2 Å². The van der Waals surface area contributed by atoms with Gasteiger partial charge in [0.25, 0.3) is 0 Å². The molecule has 132 valence electrons. The van der Waals surface area contributed by atoms with Crippen LogP contribution in [0.4, 0.5) is 5.69 Å². The number of benzene rings is 1. The maximum absolute atomic E-state index is 12.8. The second kappa shape index (κ2) is 7.53. The minimum absolute atomic E-state index is 0.143. The van der Waals surface area contributed by atoms with Crippen molar-refractivity contribution in [1.29, 1.82) is 0 Å². The number of likely N-dealkylation sites (tertiary alicyclic amines) is 1. The molecule has 0 spiro atoms. The van der Waals surface area contributed by atoms with E-state index in [9.17, 15) is 9.90 Å². The number of carbonyl (C=O) groups is 1. The fourth-order valence-corrected chi connectivity index (χ4v) is 3.67. The number of anilines is 1. The molecular weight excluding hydrogens is 302 g/mol. The number of piperidine rings is 1. The first-order chi connectivity index (χ1) is 11.6. The molecule has 24 heavy (non-hydrogen) atoms. The van der Waals surface area contributed by atoms with Crippen molar-refractivity contribution in [3.8, 4) is 0 Å². The Morgan fingerprint density at radius 3 is 2.42 bits per heavy atom. The van der Waals surface area contributed by atoms with Gasteiger partial charge in [0.1, 0.15) is 0 Å². The summed E-state index contributed by atoms with van der Waals surface area (Å²) >= 11 is 0. The SMILES string of the molecule is CC1CCN(C(C)C(=O)N2CCN(c3ccccc3)CC2)CC1O. The predicted octanol–water partition coefficient (Wildman–Crippen LogP) is 1.43. The van der Waals surface area contributed by atoms with Crippen LogP contribution in [0.5, 0.6) is 0 Å².